The minimum Gasteiger partial charge on any atom is -0.357 e. The van der Waals surface area contributed by atoms with Gasteiger partial charge in [0, 0.05) is 26.2 Å². The normalized spacial score (nSPS) is 18.4. The van der Waals surface area contributed by atoms with Crippen LogP contribution in [0.5, 0.6) is 0 Å². The van der Waals surface area contributed by atoms with E-state index in [-0.39, 0.29) is 24.0 Å². The molecular weight excluding hydrogens is 463 g/mol. The van der Waals surface area contributed by atoms with Crippen LogP contribution in [0.15, 0.2) is 34.2 Å². The maximum atomic E-state index is 12.5. The Hall–Kier alpha value is -0.870. The van der Waals surface area contributed by atoms with E-state index in [2.05, 4.69) is 15.6 Å². The number of sulfonamides is 1. The highest BCUT2D eigenvalue weighted by Crippen LogP contribution is 2.27. The summed E-state index contributed by atoms with van der Waals surface area (Å²) in [4.78, 5) is 4.96. The van der Waals surface area contributed by atoms with Crippen LogP contribution < -0.4 is 10.6 Å². The third-order valence-corrected chi connectivity index (χ3v) is 6.56. The van der Waals surface area contributed by atoms with E-state index in [0.29, 0.717) is 24.5 Å². The lowest BCUT2D eigenvalue weighted by Crippen LogP contribution is -2.38. The Bertz CT molecular complexity index is 696. The standard InChI is InChI=1S/C18H28N4O2S.HI/c1-2-19-18(20-13-15-5-6-15)21-14-16-7-9-17(10-8-16)25(23,24)22-11-3-4-12-22;/h7-10,15H,2-6,11-14H2,1H3,(H2,19,20,21);1H. The van der Waals surface area contributed by atoms with Gasteiger partial charge in [0.25, 0.3) is 0 Å². The molecule has 0 atom stereocenters. The summed E-state index contributed by atoms with van der Waals surface area (Å²) in [7, 11) is -3.33. The summed E-state index contributed by atoms with van der Waals surface area (Å²) in [6.07, 6.45) is 4.51. The van der Waals surface area contributed by atoms with E-state index >= 15 is 0 Å². The molecule has 0 aromatic heterocycles. The zero-order valence-electron chi connectivity index (χ0n) is 15.3. The molecule has 3 rings (SSSR count). The molecule has 0 amide bonds. The first-order valence-electron chi connectivity index (χ1n) is 9.21. The number of halogens is 1. The van der Waals surface area contributed by atoms with Crippen LogP contribution in [-0.4, -0.2) is 44.9 Å². The molecule has 146 valence electrons. The third-order valence-electron chi connectivity index (χ3n) is 4.65. The third kappa shape index (κ3) is 5.82. The van der Waals surface area contributed by atoms with Crippen molar-refractivity contribution < 1.29 is 8.42 Å². The van der Waals surface area contributed by atoms with Gasteiger partial charge in [-0.1, -0.05) is 12.1 Å². The first-order valence-corrected chi connectivity index (χ1v) is 10.6. The molecule has 6 nitrogen and oxygen atoms in total. The molecule has 1 aromatic rings. The van der Waals surface area contributed by atoms with Crippen molar-refractivity contribution in [2.75, 3.05) is 26.2 Å². The SMILES string of the molecule is CCNC(=NCc1ccc(S(=O)(=O)N2CCCC2)cc1)NCC1CC1.I. The number of benzene rings is 1. The minimum absolute atomic E-state index is 0. The number of guanidine groups is 1. The molecule has 1 heterocycles. The van der Waals surface area contributed by atoms with E-state index in [4.69, 9.17) is 0 Å². The van der Waals surface area contributed by atoms with E-state index in [0.717, 1.165) is 43.4 Å². The smallest absolute Gasteiger partial charge is 0.243 e. The summed E-state index contributed by atoms with van der Waals surface area (Å²) >= 11 is 0. The Morgan fingerprint density at radius 3 is 2.38 bits per heavy atom. The molecule has 26 heavy (non-hydrogen) atoms. The average Bonchev–Trinajstić information content (AvgIpc) is 3.27. The molecule has 0 unspecified atom stereocenters. The number of hydrogen-bond acceptors (Lipinski definition) is 3. The van der Waals surface area contributed by atoms with Gasteiger partial charge in [-0.25, -0.2) is 13.4 Å². The van der Waals surface area contributed by atoms with Gasteiger partial charge in [0.15, 0.2) is 5.96 Å². The van der Waals surface area contributed by atoms with Crippen LogP contribution in [0, 0.1) is 5.92 Å². The van der Waals surface area contributed by atoms with Gasteiger partial charge in [-0.2, -0.15) is 4.31 Å². The fourth-order valence-electron chi connectivity index (χ4n) is 2.92. The lowest BCUT2D eigenvalue weighted by molar-refractivity contribution is 0.477. The molecule has 0 radical (unpaired) electrons. The summed E-state index contributed by atoms with van der Waals surface area (Å²) in [6.45, 7) is 5.64. The second-order valence-electron chi connectivity index (χ2n) is 6.77. The van der Waals surface area contributed by atoms with Gasteiger partial charge in [-0.15, -0.1) is 24.0 Å². The monoisotopic (exact) mass is 492 g/mol. The summed E-state index contributed by atoms with van der Waals surface area (Å²) < 4.78 is 26.6. The first kappa shape index (κ1) is 21.4. The van der Waals surface area contributed by atoms with Crippen molar-refractivity contribution in [1.82, 2.24) is 14.9 Å². The van der Waals surface area contributed by atoms with Crippen molar-refractivity contribution >= 4 is 40.0 Å². The van der Waals surface area contributed by atoms with Crippen LogP contribution >= 0.6 is 24.0 Å². The topological polar surface area (TPSA) is 73.8 Å². The Balaban J connectivity index is 0.00000243. The molecule has 1 aliphatic carbocycles. The minimum atomic E-state index is -3.33. The average molecular weight is 492 g/mol. The number of nitrogens with one attached hydrogen (secondary N) is 2. The van der Waals surface area contributed by atoms with Crippen LogP contribution in [0.3, 0.4) is 0 Å². The van der Waals surface area contributed by atoms with Gasteiger partial charge in [-0.3, -0.25) is 0 Å². The number of aliphatic imine (C=N–C) groups is 1. The second-order valence-corrected chi connectivity index (χ2v) is 8.71. The first-order chi connectivity index (χ1) is 12.1. The van der Waals surface area contributed by atoms with E-state index in [1.165, 1.54) is 12.8 Å². The van der Waals surface area contributed by atoms with Gasteiger partial charge in [0.1, 0.15) is 0 Å². The van der Waals surface area contributed by atoms with Crippen LogP contribution in [-0.2, 0) is 16.6 Å². The Morgan fingerprint density at radius 2 is 1.81 bits per heavy atom. The van der Waals surface area contributed by atoms with Crippen molar-refractivity contribution in [2.45, 2.75) is 44.0 Å². The summed E-state index contributed by atoms with van der Waals surface area (Å²) in [5, 5.41) is 6.61. The lowest BCUT2D eigenvalue weighted by atomic mass is 10.2. The summed E-state index contributed by atoms with van der Waals surface area (Å²) in [6, 6.07) is 7.11. The van der Waals surface area contributed by atoms with E-state index in [1.807, 2.05) is 19.1 Å². The molecule has 0 bridgehead atoms. The van der Waals surface area contributed by atoms with Crippen molar-refractivity contribution in [3.8, 4) is 0 Å². The highest BCUT2D eigenvalue weighted by molar-refractivity contribution is 14.0. The number of rotatable bonds is 7. The Morgan fingerprint density at radius 1 is 1.15 bits per heavy atom. The van der Waals surface area contributed by atoms with Gasteiger partial charge in [-0.05, 0) is 56.2 Å². The highest BCUT2D eigenvalue weighted by atomic mass is 127. The Labute approximate surface area is 173 Å². The van der Waals surface area contributed by atoms with Crippen LogP contribution in [0.25, 0.3) is 0 Å². The van der Waals surface area contributed by atoms with Crippen LogP contribution in [0.4, 0.5) is 0 Å². The zero-order chi connectivity index (χ0) is 17.7. The summed E-state index contributed by atoms with van der Waals surface area (Å²) in [5.41, 5.74) is 1.00. The molecule has 1 aromatic carbocycles. The molecule has 1 aliphatic heterocycles. The van der Waals surface area contributed by atoms with Crippen molar-refractivity contribution in [3.05, 3.63) is 29.8 Å². The number of nitrogens with zero attached hydrogens (tertiary/aromatic N) is 2. The molecule has 1 saturated carbocycles. The van der Waals surface area contributed by atoms with Gasteiger partial charge in [0.05, 0.1) is 11.4 Å². The van der Waals surface area contributed by atoms with Crippen molar-refractivity contribution in [1.29, 1.82) is 0 Å². The second kappa shape index (κ2) is 9.89. The fraction of sp³-hybridized carbons (Fsp3) is 0.611. The molecule has 2 aliphatic rings. The maximum absolute atomic E-state index is 12.5. The largest absolute Gasteiger partial charge is 0.357 e. The van der Waals surface area contributed by atoms with Crippen LogP contribution in [0.2, 0.25) is 0 Å². The van der Waals surface area contributed by atoms with Gasteiger partial charge in [0.2, 0.25) is 10.0 Å². The molecule has 1 saturated heterocycles. The molecule has 8 heteroatoms. The molecule has 0 spiro atoms. The Kier molecular flexibility index (Phi) is 8.15. The zero-order valence-corrected chi connectivity index (χ0v) is 18.4. The van der Waals surface area contributed by atoms with Crippen molar-refractivity contribution in [3.63, 3.8) is 0 Å². The van der Waals surface area contributed by atoms with Gasteiger partial charge < -0.3 is 10.6 Å². The van der Waals surface area contributed by atoms with Gasteiger partial charge >= 0.3 is 0 Å². The fourth-order valence-corrected chi connectivity index (χ4v) is 4.44. The molecular formula is C18H29IN4O2S. The quantitative estimate of drug-likeness (QED) is 0.349. The predicted molar refractivity (Wildman–Crippen MR) is 115 cm³/mol. The predicted octanol–water partition coefficient (Wildman–Crippen LogP) is 2.55. The molecule has 2 fully saturated rings. The molecule has 2 N–H and O–H groups in total. The summed E-state index contributed by atoms with van der Waals surface area (Å²) in [5.74, 6) is 1.61. The van der Waals surface area contributed by atoms with E-state index < -0.39 is 10.0 Å². The maximum Gasteiger partial charge on any atom is 0.243 e. The lowest BCUT2D eigenvalue weighted by Gasteiger charge is -2.15. The highest BCUT2D eigenvalue weighted by Gasteiger charge is 2.26. The van der Waals surface area contributed by atoms with E-state index in [9.17, 15) is 8.42 Å². The van der Waals surface area contributed by atoms with E-state index in [1.54, 1.807) is 16.4 Å². The number of hydrogen-bond donors (Lipinski definition) is 2. The van der Waals surface area contributed by atoms with Crippen LogP contribution in [0.1, 0.15) is 38.2 Å². The van der Waals surface area contributed by atoms with Crippen molar-refractivity contribution in [2.24, 2.45) is 10.9 Å².